The van der Waals surface area contributed by atoms with Crippen LogP contribution in [0.15, 0.2) is 82.7 Å². The fourth-order valence-corrected chi connectivity index (χ4v) is 3.99. The number of carbonyl (C=O) groups is 2. The topological polar surface area (TPSA) is 77.0 Å². The van der Waals surface area contributed by atoms with Crippen LogP contribution < -0.4 is 10.1 Å². The van der Waals surface area contributed by atoms with E-state index in [0.29, 0.717) is 33.7 Å². The molecule has 33 heavy (non-hydrogen) atoms. The lowest BCUT2D eigenvalue weighted by Gasteiger charge is -2.10. The number of benzene rings is 3. The summed E-state index contributed by atoms with van der Waals surface area (Å²) in [5, 5.41) is 3.14. The van der Waals surface area contributed by atoms with Gasteiger partial charge in [-0.05, 0) is 48.5 Å². The Bertz CT molecular complexity index is 1250. The number of hydrogen-bond donors (Lipinski definition) is 1. The first-order chi connectivity index (χ1) is 16.0. The summed E-state index contributed by atoms with van der Waals surface area (Å²) < 4.78 is 10.8. The molecule has 1 aliphatic rings. The van der Waals surface area contributed by atoms with Gasteiger partial charge in [0.2, 0.25) is 0 Å². The highest BCUT2D eigenvalue weighted by atomic mass is 32.2. The summed E-state index contributed by atoms with van der Waals surface area (Å²) in [6.07, 6.45) is 1.78. The van der Waals surface area contributed by atoms with E-state index in [-0.39, 0.29) is 5.91 Å². The van der Waals surface area contributed by atoms with Crippen LogP contribution in [0.4, 0.5) is 5.69 Å². The highest BCUT2D eigenvalue weighted by molar-refractivity contribution is 8.18. The molecular formula is C26H22N2O4S. The van der Waals surface area contributed by atoms with Gasteiger partial charge in [-0.2, -0.15) is 0 Å². The number of para-hydroxylation sites is 2. The molecule has 0 unspecified atom stereocenters. The van der Waals surface area contributed by atoms with E-state index >= 15 is 0 Å². The predicted molar refractivity (Wildman–Crippen MR) is 131 cm³/mol. The normalized spacial score (nSPS) is 15.5. The van der Waals surface area contributed by atoms with E-state index in [1.165, 1.54) is 24.4 Å². The van der Waals surface area contributed by atoms with Gasteiger partial charge in [0, 0.05) is 5.56 Å². The maximum Gasteiger partial charge on any atom is 0.340 e. The van der Waals surface area contributed by atoms with E-state index in [2.05, 4.69) is 10.3 Å². The lowest BCUT2D eigenvalue weighted by Crippen LogP contribution is -2.19. The summed E-state index contributed by atoms with van der Waals surface area (Å²) in [6.45, 7) is 2.47. The van der Waals surface area contributed by atoms with E-state index in [1.54, 1.807) is 30.3 Å². The lowest BCUT2D eigenvalue weighted by molar-refractivity contribution is -0.115. The molecule has 6 nitrogen and oxygen atoms in total. The Morgan fingerprint density at radius 1 is 1.03 bits per heavy atom. The fraction of sp³-hybridized carbons (Fsp3) is 0.115. The Morgan fingerprint density at radius 3 is 2.55 bits per heavy atom. The molecule has 1 aliphatic heterocycles. The highest BCUT2D eigenvalue weighted by Crippen LogP contribution is 2.31. The van der Waals surface area contributed by atoms with Crippen molar-refractivity contribution in [3.8, 4) is 5.75 Å². The van der Waals surface area contributed by atoms with E-state index < -0.39 is 5.97 Å². The zero-order chi connectivity index (χ0) is 23.2. The quantitative estimate of drug-likeness (QED) is 0.403. The van der Waals surface area contributed by atoms with Crippen LogP contribution in [0, 0.1) is 6.92 Å². The third-order valence-electron chi connectivity index (χ3n) is 4.90. The van der Waals surface area contributed by atoms with Gasteiger partial charge in [-0.25, -0.2) is 9.79 Å². The second-order valence-corrected chi connectivity index (χ2v) is 8.33. The third kappa shape index (κ3) is 5.51. The number of thioether (sulfide) groups is 1. The van der Waals surface area contributed by atoms with Crippen LogP contribution in [0.25, 0.3) is 6.08 Å². The van der Waals surface area contributed by atoms with Crippen LogP contribution in [0.3, 0.4) is 0 Å². The van der Waals surface area contributed by atoms with Crippen LogP contribution >= 0.6 is 11.8 Å². The summed E-state index contributed by atoms with van der Waals surface area (Å²) in [7, 11) is 1.32. The van der Waals surface area contributed by atoms with Crippen molar-refractivity contribution in [2.45, 2.75) is 13.5 Å². The number of rotatable bonds is 6. The maximum absolute atomic E-state index is 12.6. The number of nitrogens with one attached hydrogen (secondary N) is 1. The molecular weight excluding hydrogens is 436 g/mol. The number of amidine groups is 1. The van der Waals surface area contributed by atoms with Crippen molar-refractivity contribution in [1.29, 1.82) is 0 Å². The van der Waals surface area contributed by atoms with Gasteiger partial charge in [0.05, 0.1) is 23.3 Å². The zero-order valence-electron chi connectivity index (χ0n) is 18.2. The maximum atomic E-state index is 12.6. The Hall–Kier alpha value is -3.84. The van der Waals surface area contributed by atoms with Gasteiger partial charge < -0.3 is 14.8 Å². The first kappa shape index (κ1) is 22.4. The van der Waals surface area contributed by atoms with Gasteiger partial charge in [0.15, 0.2) is 5.17 Å². The molecule has 1 N–H and O–H groups in total. The van der Waals surface area contributed by atoms with Gasteiger partial charge >= 0.3 is 5.97 Å². The van der Waals surface area contributed by atoms with Gasteiger partial charge in [0.25, 0.3) is 5.91 Å². The van der Waals surface area contributed by atoms with Crippen LogP contribution in [-0.4, -0.2) is 24.2 Å². The molecule has 166 valence electrons. The van der Waals surface area contributed by atoms with Crippen LogP contribution in [-0.2, 0) is 16.1 Å². The van der Waals surface area contributed by atoms with Gasteiger partial charge in [-0.15, -0.1) is 0 Å². The molecule has 0 bridgehead atoms. The average molecular weight is 459 g/mol. The van der Waals surface area contributed by atoms with E-state index in [4.69, 9.17) is 9.47 Å². The third-order valence-corrected chi connectivity index (χ3v) is 5.81. The average Bonchev–Trinajstić information content (AvgIpc) is 3.17. The standard InChI is InChI=1S/C26H22N2O4S/c1-17-11-13-18(14-12-17)16-32-22-10-6-3-7-19(22)15-23-24(29)28-26(33-23)27-21-9-5-4-8-20(21)25(30)31-2/h3-15H,16H2,1-2H3,(H,27,28,29)/b23-15-. The highest BCUT2D eigenvalue weighted by Gasteiger charge is 2.25. The first-order valence-electron chi connectivity index (χ1n) is 10.3. The van der Waals surface area contributed by atoms with E-state index in [0.717, 1.165) is 11.1 Å². The smallest absolute Gasteiger partial charge is 0.340 e. The first-order valence-corrected chi connectivity index (χ1v) is 11.1. The van der Waals surface area contributed by atoms with Gasteiger partial charge in [-0.3, -0.25) is 4.79 Å². The number of hydrogen-bond acceptors (Lipinski definition) is 6. The molecule has 0 spiro atoms. The summed E-state index contributed by atoms with van der Waals surface area (Å²) in [6, 6.07) is 22.5. The number of aliphatic imine (C=N–C) groups is 1. The summed E-state index contributed by atoms with van der Waals surface area (Å²) in [4.78, 5) is 29.5. The molecule has 1 saturated heterocycles. The van der Waals surface area contributed by atoms with Crippen LogP contribution in [0.2, 0.25) is 0 Å². The number of carbonyl (C=O) groups excluding carboxylic acids is 2. The van der Waals surface area contributed by atoms with Crippen molar-refractivity contribution < 1.29 is 19.1 Å². The van der Waals surface area contributed by atoms with Crippen molar-refractivity contribution >= 4 is 40.6 Å². The number of aryl methyl sites for hydroxylation is 1. The van der Waals surface area contributed by atoms with Gasteiger partial charge in [-0.1, -0.05) is 60.2 Å². The van der Waals surface area contributed by atoms with E-state index in [1.807, 2.05) is 55.5 Å². The molecule has 4 rings (SSSR count). The zero-order valence-corrected chi connectivity index (χ0v) is 19.0. The lowest BCUT2D eigenvalue weighted by atomic mass is 10.1. The second-order valence-electron chi connectivity index (χ2n) is 7.30. The Kier molecular flexibility index (Phi) is 6.90. The van der Waals surface area contributed by atoms with E-state index in [9.17, 15) is 9.59 Å². The Balaban J connectivity index is 1.54. The molecule has 0 atom stereocenters. The summed E-state index contributed by atoms with van der Waals surface area (Å²) in [5.41, 5.74) is 3.80. The molecule has 3 aromatic rings. The molecule has 7 heteroatoms. The van der Waals surface area contributed by atoms with Crippen molar-refractivity contribution in [3.05, 3.63) is 100.0 Å². The number of nitrogens with zero attached hydrogens (tertiary/aromatic N) is 1. The second kappa shape index (κ2) is 10.2. The Morgan fingerprint density at radius 2 is 1.76 bits per heavy atom. The minimum absolute atomic E-state index is 0.261. The number of esters is 1. The van der Waals surface area contributed by atoms with Gasteiger partial charge in [0.1, 0.15) is 12.4 Å². The van der Waals surface area contributed by atoms with Crippen LogP contribution in [0.1, 0.15) is 27.0 Å². The minimum atomic E-state index is -0.486. The molecule has 1 fully saturated rings. The molecule has 0 saturated carbocycles. The fourth-order valence-electron chi connectivity index (χ4n) is 3.16. The van der Waals surface area contributed by atoms with Crippen molar-refractivity contribution in [2.75, 3.05) is 7.11 Å². The molecule has 3 aromatic carbocycles. The summed E-state index contributed by atoms with van der Waals surface area (Å²) >= 11 is 1.20. The summed E-state index contributed by atoms with van der Waals surface area (Å²) in [5.74, 6) is -0.0669. The minimum Gasteiger partial charge on any atom is -0.488 e. The molecule has 1 amide bonds. The van der Waals surface area contributed by atoms with Crippen molar-refractivity contribution in [2.24, 2.45) is 4.99 Å². The van der Waals surface area contributed by atoms with Crippen molar-refractivity contribution in [3.63, 3.8) is 0 Å². The Labute approximate surface area is 196 Å². The number of methoxy groups -OCH3 is 1. The largest absolute Gasteiger partial charge is 0.488 e. The monoisotopic (exact) mass is 458 g/mol. The molecule has 0 aromatic heterocycles. The molecule has 0 aliphatic carbocycles. The molecule has 0 radical (unpaired) electrons. The number of amides is 1. The predicted octanol–water partition coefficient (Wildman–Crippen LogP) is 5.25. The van der Waals surface area contributed by atoms with Crippen LogP contribution in [0.5, 0.6) is 5.75 Å². The number of ether oxygens (including phenoxy) is 2. The van der Waals surface area contributed by atoms with Crippen molar-refractivity contribution in [1.82, 2.24) is 5.32 Å². The SMILES string of the molecule is COC(=O)c1ccccc1N=C1NC(=O)/C(=C/c2ccccc2OCc2ccc(C)cc2)S1. The molecule has 1 heterocycles.